The number of allylic oxidation sites excluding steroid dienone is 1. The third-order valence-electron chi connectivity index (χ3n) is 7.30. The first-order valence-corrected chi connectivity index (χ1v) is 12.6. The Morgan fingerprint density at radius 2 is 1.71 bits per heavy atom. The second-order valence-electron chi connectivity index (χ2n) is 9.49. The van der Waals surface area contributed by atoms with Gasteiger partial charge in [0.15, 0.2) is 5.78 Å². The molecule has 1 atom stereocenters. The van der Waals surface area contributed by atoms with Crippen LogP contribution in [-0.2, 0) is 11.3 Å². The number of hydrogen-bond donors (Lipinski definition) is 2. The number of benzene rings is 2. The molecule has 0 aliphatic carbocycles. The summed E-state index contributed by atoms with van der Waals surface area (Å²) < 4.78 is 0. The first-order chi connectivity index (χ1) is 17.0. The average molecular weight is 477 g/mol. The number of carbonyl (C=O) groups is 2. The number of hydroxylamine groups is 1. The van der Waals surface area contributed by atoms with E-state index in [1.54, 1.807) is 17.6 Å². The summed E-state index contributed by atoms with van der Waals surface area (Å²) in [6.07, 6.45) is 1.75. The molecule has 35 heavy (non-hydrogen) atoms. The minimum atomic E-state index is -0.526. The molecule has 7 heteroatoms. The summed E-state index contributed by atoms with van der Waals surface area (Å²) in [5.74, 6) is -0.404. The normalized spacial score (nSPS) is 20.1. The van der Waals surface area contributed by atoms with E-state index in [-0.39, 0.29) is 11.7 Å². The lowest BCUT2D eigenvalue weighted by molar-refractivity contribution is -0.118. The van der Waals surface area contributed by atoms with Gasteiger partial charge in [-0.25, -0.2) is 5.48 Å². The van der Waals surface area contributed by atoms with Crippen molar-refractivity contribution in [1.82, 2.24) is 15.3 Å². The number of nitrogens with zero attached hydrogens (tertiary/aromatic N) is 3. The van der Waals surface area contributed by atoms with E-state index in [1.807, 2.05) is 30.3 Å². The van der Waals surface area contributed by atoms with Gasteiger partial charge in [0.25, 0.3) is 5.91 Å². The van der Waals surface area contributed by atoms with E-state index >= 15 is 0 Å². The van der Waals surface area contributed by atoms with Gasteiger partial charge in [-0.15, -0.1) is 0 Å². The zero-order chi connectivity index (χ0) is 24.8. The van der Waals surface area contributed by atoms with Gasteiger partial charge in [-0.3, -0.25) is 14.8 Å². The van der Waals surface area contributed by atoms with Gasteiger partial charge >= 0.3 is 0 Å². The highest BCUT2D eigenvalue weighted by Crippen LogP contribution is 2.33. The van der Waals surface area contributed by atoms with Crippen LogP contribution in [0.5, 0.6) is 0 Å². The lowest BCUT2D eigenvalue weighted by atomic mass is 9.90. The van der Waals surface area contributed by atoms with Crippen molar-refractivity contribution in [3.63, 3.8) is 0 Å². The Hall–Kier alpha value is -3.00. The molecular formula is C28H36N4O3. The molecule has 186 valence electrons. The van der Waals surface area contributed by atoms with Crippen molar-refractivity contribution in [1.29, 1.82) is 0 Å². The van der Waals surface area contributed by atoms with Crippen LogP contribution in [-0.4, -0.2) is 72.5 Å². The Morgan fingerprint density at radius 1 is 1.03 bits per heavy atom. The van der Waals surface area contributed by atoms with E-state index in [9.17, 15) is 9.59 Å². The molecule has 2 heterocycles. The highest BCUT2D eigenvalue weighted by molar-refractivity contribution is 6.22. The van der Waals surface area contributed by atoms with Crippen LogP contribution in [0.25, 0.3) is 5.57 Å². The SMILES string of the molecule is C=C1C(=O)C(CN2CCN(CC)CC2)CCCN(Cc2ccc(C(=O)NO)cc2)c2ccccc21. The Balaban J connectivity index is 1.52. The highest BCUT2D eigenvalue weighted by Gasteiger charge is 2.29. The molecule has 0 aromatic heterocycles. The minimum Gasteiger partial charge on any atom is -0.367 e. The maximum atomic E-state index is 13.6. The van der Waals surface area contributed by atoms with E-state index in [0.29, 0.717) is 17.7 Å². The summed E-state index contributed by atoms with van der Waals surface area (Å²) in [5.41, 5.74) is 5.64. The topological polar surface area (TPSA) is 76.1 Å². The minimum absolute atomic E-state index is 0.0417. The summed E-state index contributed by atoms with van der Waals surface area (Å²) >= 11 is 0. The van der Waals surface area contributed by atoms with Crippen LogP contribution in [0.4, 0.5) is 5.69 Å². The number of likely N-dealkylation sites (N-methyl/N-ethyl adjacent to an activating group) is 1. The summed E-state index contributed by atoms with van der Waals surface area (Å²) in [7, 11) is 0. The van der Waals surface area contributed by atoms with Gasteiger partial charge in [-0.2, -0.15) is 0 Å². The number of fused-ring (bicyclic) bond motifs is 1. The van der Waals surface area contributed by atoms with Crippen LogP contribution in [0.1, 0.15) is 41.3 Å². The van der Waals surface area contributed by atoms with Crippen molar-refractivity contribution in [2.45, 2.75) is 26.3 Å². The second-order valence-corrected chi connectivity index (χ2v) is 9.49. The van der Waals surface area contributed by atoms with Crippen LogP contribution in [0, 0.1) is 5.92 Å². The Morgan fingerprint density at radius 3 is 2.40 bits per heavy atom. The number of carbonyl (C=O) groups excluding carboxylic acids is 2. The van der Waals surface area contributed by atoms with E-state index in [4.69, 9.17) is 5.21 Å². The zero-order valence-electron chi connectivity index (χ0n) is 20.6. The van der Waals surface area contributed by atoms with Crippen LogP contribution in [0.3, 0.4) is 0 Å². The lowest BCUT2D eigenvalue weighted by Crippen LogP contribution is -2.48. The molecule has 0 spiro atoms. The van der Waals surface area contributed by atoms with Crippen molar-refractivity contribution in [2.24, 2.45) is 5.92 Å². The number of ketones is 1. The molecule has 7 nitrogen and oxygen atoms in total. The standard InChI is InChI=1S/C28H36N4O3/c1-3-30-15-17-31(18-16-30)20-24-7-6-14-32(19-22-10-12-23(13-11-22)28(34)29-35)26-9-5-4-8-25(26)21(2)27(24)33/h4-5,8-13,24,35H,2-3,6-7,14-20H2,1H3,(H,29,34). The molecule has 0 saturated carbocycles. The molecule has 4 rings (SSSR count). The van der Waals surface area contributed by atoms with Crippen molar-refractivity contribution >= 4 is 23.0 Å². The smallest absolute Gasteiger partial charge is 0.274 e. The predicted octanol–water partition coefficient (Wildman–Crippen LogP) is 3.44. The molecule has 0 bridgehead atoms. The molecule has 0 radical (unpaired) electrons. The first kappa shape index (κ1) is 25.1. The van der Waals surface area contributed by atoms with Crippen molar-refractivity contribution in [2.75, 3.05) is 50.7 Å². The molecule has 2 aromatic rings. The molecule has 1 saturated heterocycles. The number of piperazine rings is 1. The summed E-state index contributed by atoms with van der Waals surface area (Å²) in [6, 6.07) is 15.2. The molecule has 1 amide bonds. The predicted molar refractivity (Wildman–Crippen MR) is 139 cm³/mol. The second kappa shape index (κ2) is 11.6. The first-order valence-electron chi connectivity index (χ1n) is 12.6. The van der Waals surface area contributed by atoms with E-state index in [0.717, 1.165) is 75.5 Å². The fraction of sp³-hybridized carbons (Fsp3) is 0.429. The number of anilines is 1. The number of nitrogens with one attached hydrogen (secondary N) is 1. The van der Waals surface area contributed by atoms with E-state index < -0.39 is 5.91 Å². The Kier molecular flexibility index (Phi) is 8.33. The number of Topliss-reactive ketones (excluding diaryl/α,β-unsaturated/α-hetero) is 1. The highest BCUT2D eigenvalue weighted by atomic mass is 16.5. The molecule has 2 aromatic carbocycles. The van der Waals surface area contributed by atoms with Gasteiger partial charge in [0.2, 0.25) is 0 Å². The van der Waals surface area contributed by atoms with Crippen molar-refractivity contribution in [3.05, 3.63) is 71.8 Å². The third-order valence-corrected chi connectivity index (χ3v) is 7.30. The molecule has 1 fully saturated rings. The lowest BCUT2D eigenvalue weighted by Gasteiger charge is -2.35. The quantitative estimate of drug-likeness (QED) is 0.378. The number of rotatable bonds is 6. The van der Waals surface area contributed by atoms with Crippen molar-refractivity contribution in [3.8, 4) is 0 Å². The molecule has 2 N–H and O–H groups in total. The number of para-hydroxylation sites is 1. The molecule has 2 aliphatic heterocycles. The van der Waals surface area contributed by atoms with Gasteiger partial charge < -0.3 is 14.7 Å². The van der Waals surface area contributed by atoms with Crippen LogP contribution >= 0.6 is 0 Å². The van der Waals surface area contributed by atoms with E-state index in [2.05, 4.69) is 34.3 Å². The monoisotopic (exact) mass is 476 g/mol. The molecule has 2 aliphatic rings. The maximum absolute atomic E-state index is 13.6. The average Bonchev–Trinajstić information content (AvgIpc) is 2.95. The largest absolute Gasteiger partial charge is 0.367 e. The maximum Gasteiger partial charge on any atom is 0.274 e. The summed E-state index contributed by atoms with van der Waals surface area (Å²) in [5, 5.41) is 8.86. The van der Waals surface area contributed by atoms with Crippen LogP contribution in [0.15, 0.2) is 55.1 Å². The van der Waals surface area contributed by atoms with Crippen molar-refractivity contribution < 1.29 is 14.8 Å². The van der Waals surface area contributed by atoms with E-state index in [1.165, 1.54) is 0 Å². The Labute approximate surface area is 208 Å². The third kappa shape index (κ3) is 5.99. The zero-order valence-corrected chi connectivity index (χ0v) is 20.6. The summed E-state index contributed by atoms with van der Waals surface area (Å²) in [4.78, 5) is 32.4. The van der Waals surface area contributed by atoms with Gasteiger partial charge in [0.1, 0.15) is 0 Å². The van der Waals surface area contributed by atoms with Gasteiger partial charge in [-0.1, -0.05) is 43.8 Å². The summed E-state index contributed by atoms with van der Waals surface area (Å²) in [6.45, 7) is 14.0. The van der Waals surface area contributed by atoms with Gasteiger partial charge in [0.05, 0.1) is 0 Å². The van der Waals surface area contributed by atoms with Crippen LogP contribution < -0.4 is 10.4 Å². The van der Waals surface area contributed by atoms with Crippen LogP contribution in [0.2, 0.25) is 0 Å². The molecule has 1 unspecified atom stereocenters. The Bertz CT molecular complexity index is 1040. The molecular weight excluding hydrogens is 440 g/mol. The fourth-order valence-electron chi connectivity index (χ4n) is 5.15. The fourth-order valence-corrected chi connectivity index (χ4v) is 5.15. The number of hydrogen-bond acceptors (Lipinski definition) is 6. The van der Waals surface area contributed by atoms with Gasteiger partial charge in [-0.05, 0) is 43.1 Å². The van der Waals surface area contributed by atoms with Gasteiger partial charge in [0, 0.05) is 74.1 Å². The number of amides is 1.